The number of para-hydroxylation sites is 2. The van der Waals surface area contributed by atoms with Crippen LogP contribution in [0, 0.1) is 0 Å². The first-order valence-electron chi connectivity index (χ1n) is 34.5. The number of nitrogens with zero attached hydrogens (tertiary/aromatic N) is 3. The second-order valence-corrected chi connectivity index (χ2v) is 28.8. The van der Waals surface area contributed by atoms with Gasteiger partial charge in [0.05, 0.1) is 28.1 Å². The van der Waals surface area contributed by atoms with Crippen LogP contribution in [-0.4, -0.2) is 11.3 Å². The van der Waals surface area contributed by atoms with Gasteiger partial charge in [-0.1, -0.05) is 333 Å². The van der Waals surface area contributed by atoms with Crippen LogP contribution in [0.25, 0.3) is 116 Å². The Kier molecular flexibility index (Phi) is 13.8. The third-order valence-electron chi connectivity index (χ3n) is 20.9. The topological polar surface area (TPSA) is 11.4 Å². The van der Waals surface area contributed by atoms with E-state index >= 15 is 0 Å². The van der Waals surface area contributed by atoms with Crippen LogP contribution in [-0.2, 0) is 10.8 Å². The Morgan fingerprint density at radius 1 is 0.255 bits per heavy atom. The van der Waals surface area contributed by atoms with Crippen molar-refractivity contribution in [3.05, 3.63) is 339 Å². The molecule has 16 aromatic rings. The van der Waals surface area contributed by atoms with Gasteiger partial charge in [-0.15, -0.1) is 0 Å². The Bertz CT molecular complexity index is 5360. The maximum Gasteiger partial charge on any atom is 0.252 e. The van der Waals surface area contributed by atoms with Crippen LogP contribution in [0.15, 0.2) is 328 Å². The lowest BCUT2D eigenvalue weighted by atomic mass is 9.33. The molecular weight excluding hydrogens is 1180 g/mol. The molecule has 466 valence electrons. The lowest BCUT2D eigenvalue weighted by molar-refractivity contribution is 0.591. The van der Waals surface area contributed by atoms with E-state index in [2.05, 4.69) is 383 Å². The molecule has 3 nitrogen and oxygen atoms in total. The summed E-state index contributed by atoms with van der Waals surface area (Å²) in [6, 6.07) is 124. The Morgan fingerprint density at radius 3 is 0.969 bits per heavy atom. The first-order valence-corrected chi connectivity index (χ1v) is 34.5. The lowest BCUT2D eigenvalue weighted by Crippen LogP contribution is -2.61. The summed E-state index contributed by atoms with van der Waals surface area (Å²) in [5.41, 5.74) is 30.0. The molecule has 0 radical (unpaired) electrons. The highest BCUT2D eigenvalue weighted by Gasteiger charge is 2.46. The standard InChI is InChI=1S/C94H72BN3/c1-93(2,3)69-49-51-80-81-52-50-70(94(4,5)6)58-85(81)96(84(80)57-69)71-59-88-90-89(60-71)98(92-78(65-31-15-9-16-32-65)45-26-46-79(92)66-33-17-10-18-34-66)87-56-68(75-42-24-38-62-36-20-22-40-73(62)75)48-54-83(87)95(90)82-53-47-67(74-41-23-37-61-35-19-21-39-72(61)74)55-86(82)97(88)91-76(63-27-11-7-12-28-63)43-25-44-77(91)64-29-13-8-14-30-64/h7-60H,1-6H3. The summed E-state index contributed by atoms with van der Waals surface area (Å²) < 4.78 is 2.63. The maximum absolute atomic E-state index is 2.71. The van der Waals surface area contributed by atoms with Crippen molar-refractivity contribution in [3.63, 3.8) is 0 Å². The van der Waals surface area contributed by atoms with Crippen molar-refractivity contribution in [1.29, 1.82) is 0 Å². The van der Waals surface area contributed by atoms with Crippen molar-refractivity contribution < 1.29 is 0 Å². The number of rotatable bonds is 9. The van der Waals surface area contributed by atoms with Crippen LogP contribution in [0.4, 0.5) is 34.1 Å². The third-order valence-corrected chi connectivity index (χ3v) is 20.9. The van der Waals surface area contributed by atoms with Gasteiger partial charge in [0.15, 0.2) is 0 Å². The van der Waals surface area contributed by atoms with Crippen LogP contribution in [0.1, 0.15) is 52.7 Å². The highest BCUT2D eigenvalue weighted by atomic mass is 15.2. The second-order valence-electron chi connectivity index (χ2n) is 28.8. The summed E-state index contributed by atoms with van der Waals surface area (Å²) in [6.45, 7) is 13.8. The van der Waals surface area contributed by atoms with E-state index in [9.17, 15) is 0 Å². The Labute approximate surface area is 574 Å². The first-order chi connectivity index (χ1) is 47.9. The Hall–Kier alpha value is -11.7. The predicted octanol–water partition coefficient (Wildman–Crippen LogP) is 23.8. The van der Waals surface area contributed by atoms with Crippen molar-refractivity contribution in [2.45, 2.75) is 52.4 Å². The summed E-state index contributed by atoms with van der Waals surface area (Å²) >= 11 is 0. The molecule has 0 fully saturated rings. The molecule has 0 amide bonds. The van der Waals surface area contributed by atoms with Crippen LogP contribution < -0.4 is 26.2 Å². The van der Waals surface area contributed by atoms with Gasteiger partial charge in [-0.3, -0.25) is 0 Å². The van der Waals surface area contributed by atoms with E-state index in [0.29, 0.717) is 0 Å². The fraction of sp³-hybridized carbons (Fsp3) is 0.0851. The average Bonchev–Trinajstić information content (AvgIpc) is 0.782. The quantitative estimate of drug-likeness (QED) is 0.133. The number of hydrogen-bond donors (Lipinski definition) is 0. The predicted molar refractivity (Wildman–Crippen MR) is 420 cm³/mol. The molecule has 15 aromatic carbocycles. The smallest absolute Gasteiger partial charge is 0.252 e. The molecule has 18 rings (SSSR count). The zero-order valence-corrected chi connectivity index (χ0v) is 56.1. The van der Waals surface area contributed by atoms with Crippen molar-refractivity contribution in [3.8, 4) is 72.4 Å². The summed E-state index contributed by atoms with van der Waals surface area (Å²) in [5.74, 6) is 0. The zero-order valence-electron chi connectivity index (χ0n) is 56.1. The molecule has 0 saturated heterocycles. The lowest BCUT2D eigenvalue weighted by Gasteiger charge is -2.46. The molecule has 0 bridgehead atoms. The molecule has 4 heteroatoms. The van der Waals surface area contributed by atoms with Crippen molar-refractivity contribution in [1.82, 2.24) is 4.57 Å². The molecule has 1 aromatic heterocycles. The van der Waals surface area contributed by atoms with Gasteiger partial charge < -0.3 is 14.4 Å². The van der Waals surface area contributed by atoms with E-state index in [0.717, 1.165) is 95.4 Å². The number of fused-ring (bicyclic) bond motifs is 9. The third kappa shape index (κ3) is 9.64. The SMILES string of the molecule is CC(C)(C)c1ccc2c3ccc(C(C)(C)C)cc3n(-c3cc4c5c(c3)N(c3c(-c6ccccc6)cccc3-c3ccccc3)c3cc(-c6cccc7ccccc67)ccc3B5c3ccc(-c5cccc6ccccc56)cc3N4c3c(-c4ccccc4)cccc3-c3ccccc3)c2c1. The molecule has 2 aliphatic rings. The number of aromatic nitrogens is 1. The molecule has 0 aliphatic carbocycles. The number of benzene rings is 15. The van der Waals surface area contributed by atoms with Gasteiger partial charge in [-0.25, -0.2) is 0 Å². The van der Waals surface area contributed by atoms with E-state index in [1.54, 1.807) is 0 Å². The normalized spacial score (nSPS) is 12.7. The Balaban J connectivity index is 1.06. The largest absolute Gasteiger partial charge is 0.310 e. The van der Waals surface area contributed by atoms with Crippen molar-refractivity contribution in [2.75, 3.05) is 9.80 Å². The molecule has 0 spiro atoms. The van der Waals surface area contributed by atoms with Gasteiger partial charge >= 0.3 is 0 Å². The van der Waals surface area contributed by atoms with Crippen LogP contribution in [0.3, 0.4) is 0 Å². The molecule has 3 heterocycles. The summed E-state index contributed by atoms with van der Waals surface area (Å²) in [7, 11) is 0. The van der Waals surface area contributed by atoms with Gasteiger partial charge in [0.25, 0.3) is 6.71 Å². The number of anilines is 6. The van der Waals surface area contributed by atoms with E-state index in [-0.39, 0.29) is 17.5 Å². The zero-order chi connectivity index (χ0) is 66.0. The second kappa shape index (κ2) is 23.0. The highest BCUT2D eigenvalue weighted by Crippen LogP contribution is 2.55. The minimum atomic E-state index is -0.235. The van der Waals surface area contributed by atoms with Gasteiger partial charge in [0, 0.05) is 55.8 Å². The highest BCUT2D eigenvalue weighted by molar-refractivity contribution is 7.00. The van der Waals surface area contributed by atoms with Crippen molar-refractivity contribution >= 4 is 101 Å². The molecule has 98 heavy (non-hydrogen) atoms. The van der Waals surface area contributed by atoms with Crippen molar-refractivity contribution in [2.24, 2.45) is 0 Å². The van der Waals surface area contributed by atoms with E-state index in [4.69, 9.17) is 0 Å². The molecular formula is C94H72BN3. The van der Waals surface area contributed by atoms with Gasteiger partial charge in [0.2, 0.25) is 0 Å². The van der Waals surface area contributed by atoms with E-state index < -0.39 is 0 Å². The first kappa shape index (κ1) is 58.8. The van der Waals surface area contributed by atoms with Gasteiger partial charge in [0.1, 0.15) is 0 Å². The minimum Gasteiger partial charge on any atom is -0.310 e. The van der Waals surface area contributed by atoms with Crippen LogP contribution in [0.2, 0.25) is 0 Å². The fourth-order valence-electron chi connectivity index (χ4n) is 16.1. The average molecular weight is 1250 g/mol. The fourth-order valence-corrected chi connectivity index (χ4v) is 16.1. The summed E-state index contributed by atoms with van der Waals surface area (Å²) in [4.78, 5) is 5.41. The number of hydrogen-bond acceptors (Lipinski definition) is 2. The monoisotopic (exact) mass is 1250 g/mol. The molecule has 0 atom stereocenters. The molecule has 0 N–H and O–H groups in total. The summed E-state index contributed by atoms with van der Waals surface area (Å²) in [5, 5.41) is 7.32. The van der Waals surface area contributed by atoms with Crippen LogP contribution >= 0.6 is 0 Å². The molecule has 0 unspecified atom stereocenters. The van der Waals surface area contributed by atoms with Gasteiger partial charge in [-0.05, 0) is 141 Å². The molecule has 2 aliphatic heterocycles. The summed E-state index contributed by atoms with van der Waals surface area (Å²) in [6.07, 6.45) is 0. The van der Waals surface area contributed by atoms with Gasteiger partial charge in [-0.2, -0.15) is 0 Å². The van der Waals surface area contributed by atoms with E-state index in [1.807, 2.05) is 0 Å². The Morgan fingerprint density at radius 2 is 0.592 bits per heavy atom. The minimum absolute atomic E-state index is 0.129. The van der Waals surface area contributed by atoms with E-state index in [1.165, 1.54) is 82.0 Å². The molecule has 0 saturated carbocycles. The maximum atomic E-state index is 2.71. The van der Waals surface area contributed by atoms with Crippen LogP contribution in [0.5, 0.6) is 0 Å².